The van der Waals surface area contributed by atoms with Crippen LogP contribution in [-0.4, -0.2) is 56.0 Å². The average molecular weight is 556 g/mol. The molecule has 0 bridgehead atoms. The Hall–Kier alpha value is -4.23. The third-order valence-electron chi connectivity index (χ3n) is 6.28. The number of hydrogen-bond donors (Lipinski definition) is 0. The smallest absolute Gasteiger partial charge is 0.416 e. The molecule has 212 valence electrons. The van der Waals surface area contributed by atoms with E-state index >= 15 is 0 Å². The number of fused-ring (bicyclic) bond motifs is 1. The number of nitrogens with zero attached hydrogens (tertiary/aromatic N) is 3. The van der Waals surface area contributed by atoms with Crippen LogP contribution < -0.4 is 14.4 Å². The van der Waals surface area contributed by atoms with Gasteiger partial charge in [-0.2, -0.15) is 13.2 Å². The van der Waals surface area contributed by atoms with E-state index in [-0.39, 0.29) is 30.1 Å². The molecule has 0 fully saturated rings. The van der Waals surface area contributed by atoms with Gasteiger partial charge in [-0.15, -0.1) is 0 Å². The normalized spacial score (nSPS) is 16.7. The van der Waals surface area contributed by atoms with E-state index in [0.29, 0.717) is 17.3 Å². The third kappa shape index (κ3) is 6.10. The Kier molecular flexibility index (Phi) is 8.77. The van der Waals surface area contributed by atoms with Crippen molar-refractivity contribution in [3.63, 3.8) is 0 Å². The summed E-state index contributed by atoms with van der Waals surface area (Å²) in [4.78, 5) is 38.9. The van der Waals surface area contributed by atoms with Crippen LogP contribution in [0.4, 0.5) is 34.1 Å². The molecule has 0 saturated heterocycles. The Morgan fingerprint density at radius 2 is 1.74 bits per heavy atom. The monoisotopic (exact) mass is 555 g/mol. The van der Waals surface area contributed by atoms with Crippen LogP contribution in [-0.2, 0) is 22.2 Å². The Morgan fingerprint density at radius 1 is 1.10 bits per heavy atom. The van der Waals surface area contributed by atoms with E-state index in [4.69, 9.17) is 18.9 Å². The van der Waals surface area contributed by atoms with Crippen molar-refractivity contribution in [2.24, 2.45) is 0 Å². The van der Waals surface area contributed by atoms with Gasteiger partial charge in [0.2, 0.25) is 0 Å². The summed E-state index contributed by atoms with van der Waals surface area (Å²) in [7, 11) is 3.91. The maximum atomic E-state index is 13.5. The van der Waals surface area contributed by atoms with Gasteiger partial charge in [-0.05, 0) is 38.0 Å². The fourth-order valence-electron chi connectivity index (χ4n) is 4.57. The van der Waals surface area contributed by atoms with Crippen molar-refractivity contribution in [1.82, 2.24) is 4.90 Å². The summed E-state index contributed by atoms with van der Waals surface area (Å²) in [5.41, 5.74) is -1.40. The summed E-state index contributed by atoms with van der Waals surface area (Å²) in [6.07, 6.45) is -6.25. The number of rotatable bonds is 7. The van der Waals surface area contributed by atoms with Crippen LogP contribution >= 0.6 is 0 Å². The minimum absolute atomic E-state index is 0.108. The fourth-order valence-corrected chi connectivity index (χ4v) is 4.57. The molecule has 3 rings (SSSR count). The number of anilines is 1. The Balaban J connectivity index is 2.19. The number of amides is 2. The number of ether oxygens (including phenoxy) is 4. The summed E-state index contributed by atoms with van der Waals surface area (Å²) in [6, 6.07) is 3.87. The number of nitro benzene ring substituents is 1. The number of nitro groups is 1. The first-order valence-electron chi connectivity index (χ1n) is 11.8. The average Bonchev–Trinajstić information content (AvgIpc) is 2.89. The molecule has 0 N–H and O–H groups in total. The largest absolute Gasteiger partial charge is 0.493 e. The van der Waals surface area contributed by atoms with Gasteiger partial charge in [0.05, 0.1) is 50.2 Å². The molecule has 1 aliphatic heterocycles. The summed E-state index contributed by atoms with van der Waals surface area (Å²) < 4.78 is 61.5. The summed E-state index contributed by atoms with van der Waals surface area (Å²) in [5.74, 6) is 0.565. The van der Waals surface area contributed by atoms with Crippen molar-refractivity contribution in [1.29, 1.82) is 0 Å². The number of halogens is 3. The molecule has 1 heterocycles. The van der Waals surface area contributed by atoms with Gasteiger partial charge < -0.3 is 18.9 Å². The molecule has 2 unspecified atom stereocenters. The number of hydrogen-bond acceptors (Lipinski definition) is 8. The number of non-ortho nitro benzene ring substituents is 1. The molecule has 0 aliphatic carbocycles. The van der Waals surface area contributed by atoms with E-state index in [0.717, 1.165) is 24.1 Å². The highest BCUT2D eigenvalue weighted by Crippen LogP contribution is 2.46. The number of methoxy groups -OCH3 is 3. The van der Waals surface area contributed by atoms with Crippen LogP contribution in [0.5, 0.6) is 11.5 Å². The minimum Gasteiger partial charge on any atom is -0.493 e. The van der Waals surface area contributed by atoms with Crippen molar-refractivity contribution in [2.45, 2.75) is 45.1 Å². The molecule has 2 amide bonds. The lowest BCUT2D eigenvalue weighted by Crippen LogP contribution is -2.47. The number of carbonyl (C=O) groups excluding carboxylic acids is 2. The zero-order valence-corrected chi connectivity index (χ0v) is 21.9. The van der Waals surface area contributed by atoms with Gasteiger partial charge in [0.25, 0.3) is 5.69 Å². The fraction of sp³-hybridized carbons (Fsp3) is 0.440. The summed E-state index contributed by atoms with van der Waals surface area (Å²) in [5, 5.41) is 11.4. The molecule has 11 nitrogen and oxygen atoms in total. The maximum absolute atomic E-state index is 13.5. The van der Waals surface area contributed by atoms with Crippen molar-refractivity contribution in [3.8, 4) is 11.5 Å². The molecule has 14 heteroatoms. The lowest BCUT2D eigenvalue weighted by atomic mass is 9.90. The molecule has 0 saturated carbocycles. The van der Waals surface area contributed by atoms with E-state index in [9.17, 15) is 32.9 Å². The molecule has 0 radical (unpaired) electrons. The van der Waals surface area contributed by atoms with Gasteiger partial charge in [-0.25, -0.2) is 9.59 Å². The van der Waals surface area contributed by atoms with Gasteiger partial charge in [0, 0.05) is 36.3 Å². The molecule has 2 aromatic carbocycles. The molecule has 2 atom stereocenters. The minimum atomic E-state index is -4.85. The number of alkyl halides is 3. The summed E-state index contributed by atoms with van der Waals surface area (Å²) >= 11 is 0. The van der Waals surface area contributed by atoms with Crippen LogP contribution in [0.3, 0.4) is 0 Å². The maximum Gasteiger partial charge on any atom is 0.416 e. The van der Waals surface area contributed by atoms with Crippen molar-refractivity contribution < 1.29 is 46.6 Å². The molecular formula is C25H28F3N3O8. The zero-order valence-electron chi connectivity index (χ0n) is 21.9. The van der Waals surface area contributed by atoms with E-state index in [1.165, 1.54) is 19.1 Å². The Labute approximate surface area is 222 Å². The molecule has 0 spiro atoms. The SMILES string of the molecule is CCOC(=O)N1c2cc(OC)c(OC)cc2C(N(Cc2cc([N+](=O)[O-])cc(C(F)(F)F)c2)C(=O)OC)CC1C. The molecule has 39 heavy (non-hydrogen) atoms. The third-order valence-corrected chi connectivity index (χ3v) is 6.28. The Morgan fingerprint density at radius 3 is 2.28 bits per heavy atom. The second kappa shape index (κ2) is 11.7. The first kappa shape index (κ1) is 29.3. The van der Waals surface area contributed by atoms with Crippen LogP contribution in [0.1, 0.15) is 43.0 Å². The standard InChI is InChI=1S/C25H28F3N3O8/c1-6-39-24(33)30-14(2)7-19(18-11-21(36-3)22(37-4)12-20(18)30)29(23(32)38-5)13-15-8-16(25(26,27)28)10-17(9-15)31(34)35/h8-12,14,19H,6-7,13H2,1-5H3. The second-order valence-electron chi connectivity index (χ2n) is 8.68. The predicted molar refractivity (Wildman–Crippen MR) is 132 cm³/mol. The van der Waals surface area contributed by atoms with Crippen molar-refractivity contribution in [3.05, 3.63) is 57.1 Å². The van der Waals surface area contributed by atoms with Crippen LogP contribution in [0.2, 0.25) is 0 Å². The van der Waals surface area contributed by atoms with Crippen LogP contribution in [0.15, 0.2) is 30.3 Å². The van der Waals surface area contributed by atoms with Crippen LogP contribution in [0.25, 0.3) is 0 Å². The van der Waals surface area contributed by atoms with Gasteiger partial charge >= 0.3 is 18.4 Å². The molecule has 2 aromatic rings. The van der Waals surface area contributed by atoms with Gasteiger partial charge in [-0.1, -0.05) is 0 Å². The lowest BCUT2D eigenvalue weighted by Gasteiger charge is -2.42. The summed E-state index contributed by atoms with van der Waals surface area (Å²) in [6.45, 7) is 3.02. The first-order chi connectivity index (χ1) is 18.4. The first-order valence-corrected chi connectivity index (χ1v) is 11.8. The molecular weight excluding hydrogens is 527 g/mol. The van der Waals surface area contributed by atoms with Crippen molar-refractivity contribution >= 4 is 23.6 Å². The molecule has 1 aliphatic rings. The zero-order chi connectivity index (χ0) is 29.1. The number of benzene rings is 2. The Bertz CT molecular complexity index is 1250. The highest BCUT2D eigenvalue weighted by atomic mass is 19.4. The quantitative estimate of drug-likeness (QED) is 0.315. The highest BCUT2D eigenvalue weighted by molar-refractivity contribution is 5.91. The van der Waals surface area contributed by atoms with E-state index in [1.807, 2.05) is 0 Å². The van der Waals surface area contributed by atoms with E-state index in [2.05, 4.69) is 0 Å². The predicted octanol–water partition coefficient (Wildman–Crippen LogP) is 5.70. The van der Waals surface area contributed by atoms with Crippen molar-refractivity contribution in [2.75, 3.05) is 32.8 Å². The van der Waals surface area contributed by atoms with Gasteiger partial charge in [0.1, 0.15) is 0 Å². The highest BCUT2D eigenvalue weighted by Gasteiger charge is 2.41. The topological polar surface area (TPSA) is 121 Å². The van der Waals surface area contributed by atoms with E-state index in [1.54, 1.807) is 26.0 Å². The lowest BCUT2D eigenvalue weighted by molar-refractivity contribution is -0.385. The van der Waals surface area contributed by atoms with E-state index < -0.39 is 53.2 Å². The van der Waals surface area contributed by atoms with Gasteiger partial charge in [0.15, 0.2) is 11.5 Å². The van der Waals surface area contributed by atoms with Crippen LogP contribution in [0, 0.1) is 10.1 Å². The second-order valence-corrected chi connectivity index (χ2v) is 8.68. The number of carbonyl (C=O) groups is 2. The molecule has 0 aromatic heterocycles. The van der Waals surface area contributed by atoms with Gasteiger partial charge in [-0.3, -0.25) is 19.9 Å².